The lowest BCUT2D eigenvalue weighted by Crippen LogP contribution is -1.94. The number of benzene rings is 1. The second kappa shape index (κ2) is 5.26. The van der Waals surface area contributed by atoms with Gasteiger partial charge in [-0.15, -0.1) is 0 Å². The van der Waals surface area contributed by atoms with Crippen LogP contribution in [0.2, 0.25) is 0 Å². The SMILES string of the molecule is Cc1ccc(Nc2ncc(-c3ccnc(N)n3)s2)cc1. The van der Waals surface area contributed by atoms with E-state index < -0.39 is 0 Å². The maximum Gasteiger partial charge on any atom is 0.220 e. The van der Waals surface area contributed by atoms with Gasteiger partial charge < -0.3 is 11.1 Å². The molecule has 0 spiro atoms. The maximum atomic E-state index is 5.59. The summed E-state index contributed by atoms with van der Waals surface area (Å²) in [5.74, 6) is 0.268. The van der Waals surface area contributed by atoms with Gasteiger partial charge in [-0.05, 0) is 25.1 Å². The van der Waals surface area contributed by atoms with Crippen LogP contribution < -0.4 is 11.1 Å². The zero-order valence-electron chi connectivity index (χ0n) is 10.9. The Hall–Kier alpha value is -2.47. The summed E-state index contributed by atoms with van der Waals surface area (Å²) in [6.07, 6.45) is 3.42. The molecule has 0 atom stereocenters. The minimum Gasteiger partial charge on any atom is -0.368 e. The van der Waals surface area contributed by atoms with E-state index in [0.29, 0.717) is 0 Å². The van der Waals surface area contributed by atoms with Crippen LogP contribution in [0.15, 0.2) is 42.7 Å². The van der Waals surface area contributed by atoms with Crippen LogP contribution in [0.5, 0.6) is 0 Å². The second-order valence-electron chi connectivity index (χ2n) is 4.32. The minimum atomic E-state index is 0.268. The molecule has 0 aliphatic heterocycles. The molecule has 2 aromatic heterocycles. The first-order chi connectivity index (χ1) is 9.70. The highest BCUT2D eigenvalue weighted by Gasteiger charge is 2.06. The van der Waals surface area contributed by atoms with Crippen molar-refractivity contribution in [1.82, 2.24) is 15.0 Å². The maximum absolute atomic E-state index is 5.59. The van der Waals surface area contributed by atoms with Crippen LogP contribution in [0.4, 0.5) is 16.8 Å². The topological polar surface area (TPSA) is 76.7 Å². The molecule has 0 bridgehead atoms. The van der Waals surface area contributed by atoms with Crippen LogP contribution in [0.25, 0.3) is 10.6 Å². The van der Waals surface area contributed by atoms with Crippen LogP contribution in [0.3, 0.4) is 0 Å². The van der Waals surface area contributed by atoms with E-state index in [4.69, 9.17) is 5.73 Å². The van der Waals surface area contributed by atoms with Gasteiger partial charge in [0.15, 0.2) is 5.13 Å². The Labute approximate surface area is 120 Å². The molecular weight excluding hydrogens is 270 g/mol. The van der Waals surface area contributed by atoms with Crippen molar-refractivity contribution in [3.05, 3.63) is 48.3 Å². The first kappa shape index (κ1) is 12.6. The summed E-state index contributed by atoms with van der Waals surface area (Å²) in [6, 6.07) is 9.99. The number of rotatable bonds is 3. The number of nitrogens with two attached hydrogens (primary N) is 1. The zero-order chi connectivity index (χ0) is 13.9. The number of thiazole rings is 1. The van der Waals surface area contributed by atoms with Crippen molar-refractivity contribution in [2.45, 2.75) is 6.92 Å². The molecule has 3 N–H and O–H groups in total. The minimum absolute atomic E-state index is 0.268. The molecule has 0 saturated heterocycles. The van der Waals surface area contributed by atoms with Crippen molar-refractivity contribution in [2.75, 3.05) is 11.1 Å². The van der Waals surface area contributed by atoms with Crippen LogP contribution >= 0.6 is 11.3 Å². The lowest BCUT2D eigenvalue weighted by molar-refractivity contribution is 1.19. The summed E-state index contributed by atoms with van der Waals surface area (Å²) in [7, 11) is 0. The fraction of sp³-hybridized carbons (Fsp3) is 0.0714. The quantitative estimate of drug-likeness (QED) is 0.771. The van der Waals surface area contributed by atoms with Gasteiger partial charge in [-0.1, -0.05) is 29.0 Å². The van der Waals surface area contributed by atoms with E-state index in [1.807, 2.05) is 18.2 Å². The van der Waals surface area contributed by atoms with Gasteiger partial charge in [-0.2, -0.15) is 0 Å². The number of hydrogen-bond donors (Lipinski definition) is 2. The van der Waals surface area contributed by atoms with E-state index in [9.17, 15) is 0 Å². The normalized spacial score (nSPS) is 10.4. The lowest BCUT2D eigenvalue weighted by atomic mass is 10.2. The highest BCUT2D eigenvalue weighted by atomic mass is 32.1. The molecule has 5 nitrogen and oxygen atoms in total. The predicted octanol–water partition coefficient (Wildman–Crippen LogP) is 3.23. The third-order valence-corrected chi connectivity index (χ3v) is 3.67. The van der Waals surface area contributed by atoms with Gasteiger partial charge in [0.05, 0.1) is 10.6 Å². The molecule has 100 valence electrons. The molecule has 0 fully saturated rings. The molecule has 0 saturated carbocycles. The average molecular weight is 283 g/mol. The van der Waals surface area contributed by atoms with Gasteiger partial charge in [0.2, 0.25) is 5.95 Å². The number of anilines is 3. The third kappa shape index (κ3) is 2.75. The number of hydrogen-bond acceptors (Lipinski definition) is 6. The lowest BCUT2D eigenvalue weighted by Gasteiger charge is -2.02. The smallest absolute Gasteiger partial charge is 0.220 e. The highest BCUT2D eigenvalue weighted by molar-refractivity contribution is 7.18. The van der Waals surface area contributed by atoms with E-state index >= 15 is 0 Å². The molecule has 1 aromatic carbocycles. The molecule has 2 heterocycles. The number of nitrogens with zero attached hydrogens (tertiary/aromatic N) is 3. The van der Waals surface area contributed by atoms with E-state index in [1.165, 1.54) is 16.9 Å². The monoisotopic (exact) mass is 283 g/mol. The number of aromatic nitrogens is 3. The Kier molecular flexibility index (Phi) is 3.30. The third-order valence-electron chi connectivity index (χ3n) is 2.74. The first-order valence-corrected chi connectivity index (χ1v) is 6.91. The van der Waals surface area contributed by atoms with Gasteiger partial charge in [-0.3, -0.25) is 0 Å². The zero-order valence-corrected chi connectivity index (χ0v) is 11.7. The molecule has 6 heteroatoms. The molecule has 0 aliphatic rings. The molecular formula is C14H13N5S. The van der Waals surface area contributed by atoms with Crippen molar-refractivity contribution in [3.8, 4) is 10.6 Å². The van der Waals surface area contributed by atoms with Crippen LogP contribution in [0.1, 0.15) is 5.56 Å². The molecule has 0 radical (unpaired) electrons. The molecule has 20 heavy (non-hydrogen) atoms. The Morgan fingerprint density at radius 2 is 1.90 bits per heavy atom. The summed E-state index contributed by atoms with van der Waals surface area (Å²) in [5.41, 5.74) is 8.61. The summed E-state index contributed by atoms with van der Waals surface area (Å²) < 4.78 is 0. The van der Waals surface area contributed by atoms with Crippen molar-refractivity contribution in [3.63, 3.8) is 0 Å². The first-order valence-electron chi connectivity index (χ1n) is 6.09. The fourth-order valence-corrected chi connectivity index (χ4v) is 2.53. The molecule has 3 aromatic rings. The summed E-state index contributed by atoms with van der Waals surface area (Å²) in [6.45, 7) is 2.06. The van der Waals surface area contributed by atoms with Crippen molar-refractivity contribution in [1.29, 1.82) is 0 Å². The van der Waals surface area contributed by atoms with Crippen LogP contribution in [0, 0.1) is 6.92 Å². The Balaban J connectivity index is 1.82. The average Bonchev–Trinajstić information content (AvgIpc) is 2.90. The Morgan fingerprint density at radius 1 is 1.10 bits per heavy atom. The van der Waals surface area contributed by atoms with E-state index in [1.54, 1.807) is 12.4 Å². The number of nitrogens with one attached hydrogen (secondary N) is 1. The van der Waals surface area contributed by atoms with E-state index in [2.05, 4.69) is 39.3 Å². The molecule has 0 unspecified atom stereocenters. The van der Waals surface area contributed by atoms with Crippen molar-refractivity contribution >= 4 is 28.1 Å². The number of aryl methyl sites for hydroxylation is 1. The van der Waals surface area contributed by atoms with Crippen LogP contribution in [-0.2, 0) is 0 Å². The van der Waals surface area contributed by atoms with Crippen molar-refractivity contribution in [2.24, 2.45) is 0 Å². The van der Waals surface area contributed by atoms with E-state index in [-0.39, 0.29) is 5.95 Å². The van der Waals surface area contributed by atoms with E-state index in [0.717, 1.165) is 21.4 Å². The largest absolute Gasteiger partial charge is 0.368 e. The van der Waals surface area contributed by atoms with Gasteiger partial charge in [0.25, 0.3) is 0 Å². The van der Waals surface area contributed by atoms with Gasteiger partial charge in [-0.25, -0.2) is 15.0 Å². The fourth-order valence-electron chi connectivity index (χ4n) is 1.72. The standard InChI is InChI=1S/C14H13N5S/c1-9-2-4-10(5-3-9)18-14-17-8-12(20-14)11-6-7-16-13(15)19-11/h2-8H,1H3,(H,17,18)(H2,15,16,19). The van der Waals surface area contributed by atoms with Gasteiger partial charge in [0, 0.05) is 18.1 Å². The van der Waals surface area contributed by atoms with Gasteiger partial charge >= 0.3 is 0 Å². The summed E-state index contributed by atoms with van der Waals surface area (Å²) in [4.78, 5) is 13.4. The Bertz CT molecular complexity index is 720. The highest BCUT2D eigenvalue weighted by Crippen LogP contribution is 2.29. The van der Waals surface area contributed by atoms with Crippen LogP contribution in [-0.4, -0.2) is 15.0 Å². The van der Waals surface area contributed by atoms with Gasteiger partial charge in [0.1, 0.15) is 0 Å². The Morgan fingerprint density at radius 3 is 2.65 bits per heavy atom. The summed E-state index contributed by atoms with van der Waals surface area (Å²) in [5, 5.41) is 4.09. The summed E-state index contributed by atoms with van der Waals surface area (Å²) >= 11 is 1.53. The second-order valence-corrected chi connectivity index (χ2v) is 5.35. The molecule has 0 aliphatic carbocycles. The number of nitrogen functional groups attached to an aromatic ring is 1. The predicted molar refractivity (Wildman–Crippen MR) is 82.0 cm³/mol. The molecule has 3 rings (SSSR count). The van der Waals surface area contributed by atoms with Crippen molar-refractivity contribution < 1.29 is 0 Å². The molecule has 0 amide bonds.